The van der Waals surface area contributed by atoms with Gasteiger partial charge < -0.3 is 23.7 Å². The highest BCUT2D eigenvalue weighted by Crippen LogP contribution is 2.32. The molecule has 0 aliphatic rings. The van der Waals surface area contributed by atoms with Crippen molar-refractivity contribution in [3.8, 4) is 34.1 Å². The van der Waals surface area contributed by atoms with Gasteiger partial charge in [-0.1, -0.05) is 25.3 Å². The van der Waals surface area contributed by atoms with Crippen LogP contribution in [0.2, 0.25) is 0 Å². The molecule has 0 heterocycles. The number of esters is 3. The largest absolute Gasteiger partial charge is 0.485 e. The first kappa shape index (κ1) is 32.0. The number of rotatable bonds is 13. The molecule has 0 unspecified atom stereocenters. The Bertz CT molecular complexity index is 1720. The van der Waals surface area contributed by atoms with E-state index in [-0.39, 0.29) is 19.2 Å². The maximum atomic E-state index is 12.8. The molecule has 0 amide bonds. The van der Waals surface area contributed by atoms with Gasteiger partial charge in [-0.2, -0.15) is 0 Å². The zero-order chi connectivity index (χ0) is 32.3. The molecule has 45 heavy (non-hydrogen) atoms. The van der Waals surface area contributed by atoms with Crippen molar-refractivity contribution in [1.29, 1.82) is 0 Å². The summed E-state index contributed by atoms with van der Waals surface area (Å²) >= 11 is 0. The van der Waals surface area contributed by atoms with Gasteiger partial charge in [0.1, 0.15) is 23.0 Å². The molecular weight excluding hydrogens is 576 g/mol. The molecule has 0 fully saturated rings. The molecule has 0 aliphatic carbocycles. The summed E-state index contributed by atoms with van der Waals surface area (Å²) in [4.78, 5) is 47.8. The van der Waals surface area contributed by atoms with Crippen molar-refractivity contribution in [3.63, 3.8) is 0 Å². The Kier molecular flexibility index (Phi) is 10.6. The van der Waals surface area contributed by atoms with Crippen LogP contribution in [-0.4, -0.2) is 37.1 Å². The number of hydrogen-bond donors (Lipinski definition) is 0. The number of aryl methyl sites for hydroxylation is 2. The second-order valence-corrected chi connectivity index (χ2v) is 9.67. The normalized spacial score (nSPS) is 10.3. The third kappa shape index (κ3) is 8.77. The van der Waals surface area contributed by atoms with E-state index in [9.17, 15) is 19.2 Å². The van der Waals surface area contributed by atoms with Crippen molar-refractivity contribution in [3.05, 3.63) is 132 Å². The van der Waals surface area contributed by atoms with E-state index in [2.05, 4.69) is 13.2 Å². The highest BCUT2D eigenvalue weighted by Gasteiger charge is 2.15. The van der Waals surface area contributed by atoms with Gasteiger partial charge in [0.05, 0.1) is 11.1 Å². The second-order valence-electron chi connectivity index (χ2n) is 9.67. The first-order chi connectivity index (χ1) is 21.7. The van der Waals surface area contributed by atoms with Gasteiger partial charge in [0, 0.05) is 6.08 Å². The van der Waals surface area contributed by atoms with Crippen LogP contribution < -0.4 is 18.9 Å². The van der Waals surface area contributed by atoms with Crippen LogP contribution in [0.15, 0.2) is 110 Å². The molecule has 0 aromatic heterocycles. The monoisotopic (exact) mass is 606 g/mol. The predicted molar refractivity (Wildman–Crippen MR) is 167 cm³/mol. The fraction of sp³-hybridized carbons (Fsp3) is 0.111. The van der Waals surface area contributed by atoms with Gasteiger partial charge in [-0.25, -0.2) is 14.4 Å². The van der Waals surface area contributed by atoms with Gasteiger partial charge in [0.2, 0.25) is 6.79 Å². The first-order valence-corrected chi connectivity index (χ1v) is 13.7. The summed E-state index contributed by atoms with van der Waals surface area (Å²) in [6, 6.07) is 23.3. The Labute approximate surface area is 260 Å². The van der Waals surface area contributed by atoms with E-state index in [1.54, 1.807) is 66.7 Å². The van der Waals surface area contributed by atoms with Crippen LogP contribution in [0.1, 0.15) is 31.8 Å². The summed E-state index contributed by atoms with van der Waals surface area (Å²) < 4.78 is 26.6. The fourth-order valence-corrected chi connectivity index (χ4v) is 4.04. The summed E-state index contributed by atoms with van der Waals surface area (Å²) in [5, 5.41) is 0. The van der Waals surface area contributed by atoms with Crippen LogP contribution >= 0.6 is 0 Å². The van der Waals surface area contributed by atoms with Gasteiger partial charge in [0.25, 0.3) is 0 Å². The van der Waals surface area contributed by atoms with Crippen LogP contribution in [0, 0.1) is 13.8 Å². The zero-order valence-corrected chi connectivity index (χ0v) is 24.7. The molecule has 228 valence electrons. The van der Waals surface area contributed by atoms with Crippen LogP contribution in [0.3, 0.4) is 0 Å². The molecule has 0 N–H and O–H groups in total. The minimum absolute atomic E-state index is 0.128. The Morgan fingerprint density at radius 2 is 1.20 bits per heavy atom. The van der Waals surface area contributed by atoms with E-state index in [1.165, 1.54) is 6.08 Å². The molecule has 0 atom stereocenters. The smallest absolute Gasteiger partial charge is 0.343 e. The Balaban J connectivity index is 1.35. The van der Waals surface area contributed by atoms with Crippen LogP contribution in [0.25, 0.3) is 11.1 Å². The van der Waals surface area contributed by atoms with Crippen molar-refractivity contribution in [2.75, 3.05) is 13.4 Å². The van der Waals surface area contributed by atoms with E-state index < -0.39 is 17.9 Å². The molecular formula is C36H30O9. The topological polar surface area (TPSA) is 114 Å². The van der Waals surface area contributed by atoms with E-state index in [0.717, 1.165) is 28.3 Å². The third-order valence-electron chi connectivity index (χ3n) is 6.48. The summed E-state index contributed by atoms with van der Waals surface area (Å²) in [5.74, 6) is -0.261. The molecule has 0 radical (unpaired) electrons. The molecule has 0 saturated carbocycles. The molecule has 9 nitrogen and oxygen atoms in total. The van der Waals surface area contributed by atoms with Crippen molar-refractivity contribution < 1.29 is 42.9 Å². The molecule has 0 bridgehead atoms. The van der Waals surface area contributed by atoms with Crippen molar-refractivity contribution in [2.45, 2.75) is 13.8 Å². The van der Waals surface area contributed by atoms with E-state index in [1.807, 2.05) is 32.0 Å². The van der Waals surface area contributed by atoms with E-state index >= 15 is 0 Å². The van der Waals surface area contributed by atoms with E-state index in [0.29, 0.717) is 34.1 Å². The summed E-state index contributed by atoms with van der Waals surface area (Å²) in [5.41, 5.74) is 4.10. The van der Waals surface area contributed by atoms with Crippen molar-refractivity contribution in [2.24, 2.45) is 0 Å². The van der Waals surface area contributed by atoms with Crippen molar-refractivity contribution in [1.82, 2.24) is 0 Å². The number of carbonyl (C=O) groups is 4. The number of ether oxygens (including phenoxy) is 5. The summed E-state index contributed by atoms with van der Waals surface area (Å²) in [7, 11) is 0. The quantitative estimate of drug-likeness (QED) is 0.0718. The standard InChI is InChI=1S/C36H30O9/c1-5-28(37)21-41-29-13-9-27(10-14-29)36(40)45-33-20-23(3)32(19-24(33)4)25-7-17-31(18-8-25)44-35(39)26-11-15-30(16-12-26)42-22-43-34(38)6-2/h5-20H,1-2,21-22H2,3-4H3. The number of carbonyl (C=O) groups excluding carboxylic acids is 4. The lowest BCUT2D eigenvalue weighted by molar-refractivity contribution is -0.144. The average Bonchev–Trinajstić information content (AvgIpc) is 3.05. The lowest BCUT2D eigenvalue weighted by Crippen LogP contribution is -2.10. The SMILES string of the molecule is C=CC(=O)COc1ccc(C(=O)Oc2cc(C)c(-c3ccc(OC(=O)c4ccc(OCOC(=O)C=C)cc4)cc3)cc2C)cc1. The molecule has 4 aromatic carbocycles. The van der Waals surface area contributed by atoms with Gasteiger partial charge in [-0.05, 0) is 115 Å². The molecule has 0 aliphatic heterocycles. The van der Waals surface area contributed by atoms with Crippen molar-refractivity contribution >= 4 is 23.7 Å². The highest BCUT2D eigenvalue weighted by atomic mass is 16.7. The number of ketones is 1. The fourth-order valence-electron chi connectivity index (χ4n) is 4.04. The highest BCUT2D eigenvalue weighted by molar-refractivity contribution is 5.92. The maximum Gasteiger partial charge on any atom is 0.343 e. The maximum absolute atomic E-state index is 12.8. The Morgan fingerprint density at radius 3 is 1.78 bits per heavy atom. The summed E-state index contributed by atoms with van der Waals surface area (Å²) in [6.07, 6.45) is 2.22. The lowest BCUT2D eigenvalue weighted by Gasteiger charge is -2.13. The number of hydrogen-bond acceptors (Lipinski definition) is 9. The molecule has 9 heteroatoms. The third-order valence-corrected chi connectivity index (χ3v) is 6.48. The van der Waals surface area contributed by atoms with Gasteiger partial charge in [0.15, 0.2) is 12.4 Å². The van der Waals surface area contributed by atoms with Crippen LogP contribution in [0.5, 0.6) is 23.0 Å². The Hall–Kier alpha value is -5.96. The van der Waals surface area contributed by atoms with Gasteiger partial charge >= 0.3 is 17.9 Å². The van der Waals surface area contributed by atoms with Crippen LogP contribution in [0.4, 0.5) is 0 Å². The first-order valence-electron chi connectivity index (χ1n) is 13.7. The number of benzene rings is 4. The lowest BCUT2D eigenvalue weighted by atomic mass is 9.97. The predicted octanol–water partition coefficient (Wildman–Crippen LogP) is 6.61. The minimum Gasteiger partial charge on any atom is -0.485 e. The van der Waals surface area contributed by atoms with Gasteiger partial charge in [-0.3, -0.25) is 4.79 Å². The molecule has 4 aromatic rings. The zero-order valence-electron chi connectivity index (χ0n) is 24.7. The van der Waals surface area contributed by atoms with E-state index in [4.69, 9.17) is 23.7 Å². The van der Waals surface area contributed by atoms with Crippen LogP contribution in [-0.2, 0) is 14.3 Å². The molecule has 0 spiro atoms. The Morgan fingerprint density at radius 1 is 0.644 bits per heavy atom. The minimum atomic E-state index is -0.601. The molecule has 4 rings (SSSR count). The van der Waals surface area contributed by atoms with Gasteiger partial charge in [-0.15, -0.1) is 0 Å². The summed E-state index contributed by atoms with van der Waals surface area (Å²) in [6.45, 7) is 10.1. The average molecular weight is 607 g/mol. The molecule has 0 saturated heterocycles. The second kappa shape index (κ2) is 15.0.